The van der Waals surface area contributed by atoms with Gasteiger partial charge in [0.05, 0.1) is 5.69 Å². The van der Waals surface area contributed by atoms with Gasteiger partial charge in [0.15, 0.2) is 0 Å². The number of halogens is 1. The zero-order valence-corrected chi connectivity index (χ0v) is 19.5. The molecule has 1 aliphatic heterocycles. The number of hydrogen-bond acceptors (Lipinski definition) is 5. The lowest BCUT2D eigenvalue weighted by molar-refractivity contribution is -0.133. The quantitative estimate of drug-likeness (QED) is 0.530. The molecule has 1 aromatic heterocycles. The van der Waals surface area contributed by atoms with Gasteiger partial charge in [-0.25, -0.2) is 8.42 Å². The first kappa shape index (κ1) is 22.3. The summed E-state index contributed by atoms with van der Waals surface area (Å²) < 4.78 is 27.8. The summed E-state index contributed by atoms with van der Waals surface area (Å²) in [5.74, 6) is -1.72. The molecular weight excluding hydrogens is 470 g/mol. The third-order valence-electron chi connectivity index (χ3n) is 5.11. The molecule has 0 aliphatic carbocycles. The molecule has 0 atom stereocenters. The number of carbonyl (C=O) groups is 2. The Bertz CT molecular complexity index is 1290. The second-order valence-corrected chi connectivity index (χ2v) is 10.8. The Morgan fingerprint density at radius 2 is 1.84 bits per heavy atom. The number of thiophene rings is 1. The van der Waals surface area contributed by atoms with Crippen molar-refractivity contribution in [1.82, 2.24) is 0 Å². The monoisotopic (exact) mass is 489 g/mol. The minimum atomic E-state index is -3.70. The summed E-state index contributed by atoms with van der Waals surface area (Å²) in [5.41, 5.74) is 2.91. The summed E-state index contributed by atoms with van der Waals surface area (Å²) >= 11 is 7.12. The first-order valence-electron chi connectivity index (χ1n) is 9.83. The average Bonchev–Trinajstić information content (AvgIpc) is 3.31. The molecule has 2 N–H and O–H groups in total. The Balaban J connectivity index is 1.55. The average molecular weight is 490 g/mol. The third kappa shape index (κ3) is 4.50. The largest absolute Gasteiger partial charge is 0.318 e. The number of aryl methyl sites for hydroxylation is 2. The van der Waals surface area contributed by atoms with E-state index >= 15 is 0 Å². The summed E-state index contributed by atoms with van der Waals surface area (Å²) in [7, 11) is -3.70. The highest BCUT2D eigenvalue weighted by atomic mass is 35.5. The molecule has 2 heterocycles. The lowest BCUT2D eigenvalue weighted by Gasteiger charge is -2.30. The lowest BCUT2D eigenvalue weighted by Crippen LogP contribution is -2.35. The molecule has 0 unspecified atom stereocenters. The standard InChI is InChI=1S/C22H20ClN3O4S2/c1-14-6-8-16(23)12-18(14)25-22(28)21(27)24-17-9-7-15-4-2-10-26(19(15)13-17)32(29,30)20-5-3-11-31-20/h3,5-9,11-13H,2,4,10H2,1H3,(H,24,27)(H,25,28). The second-order valence-electron chi connectivity index (χ2n) is 7.32. The molecule has 2 amide bonds. The van der Waals surface area contributed by atoms with E-state index < -0.39 is 21.8 Å². The predicted molar refractivity (Wildman–Crippen MR) is 127 cm³/mol. The Morgan fingerprint density at radius 1 is 1.06 bits per heavy atom. The normalized spacial score (nSPS) is 13.4. The van der Waals surface area contributed by atoms with Crippen LogP contribution in [0.3, 0.4) is 0 Å². The van der Waals surface area contributed by atoms with Gasteiger partial charge in [-0.15, -0.1) is 11.3 Å². The molecule has 0 saturated carbocycles. The predicted octanol–water partition coefficient (Wildman–Crippen LogP) is 4.43. The van der Waals surface area contributed by atoms with E-state index in [4.69, 9.17) is 11.6 Å². The molecule has 7 nitrogen and oxygen atoms in total. The van der Waals surface area contributed by atoms with Crippen LogP contribution in [-0.2, 0) is 26.0 Å². The van der Waals surface area contributed by atoms with Crippen LogP contribution in [-0.4, -0.2) is 26.8 Å². The van der Waals surface area contributed by atoms with Crippen molar-refractivity contribution in [2.24, 2.45) is 0 Å². The molecule has 10 heteroatoms. The number of sulfonamides is 1. The fourth-order valence-corrected chi connectivity index (χ4v) is 6.29. The third-order valence-corrected chi connectivity index (χ3v) is 8.53. The van der Waals surface area contributed by atoms with E-state index in [1.165, 1.54) is 4.31 Å². The van der Waals surface area contributed by atoms with Gasteiger partial charge in [-0.3, -0.25) is 13.9 Å². The number of rotatable bonds is 4. The van der Waals surface area contributed by atoms with Crippen LogP contribution in [0.25, 0.3) is 0 Å². The SMILES string of the molecule is Cc1ccc(Cl)cc1NC(=O)C(=O)Nc1ccc2c(c1)N(S(=O)(=O)c1cccs1)CCC2. The number of carbonyl (C=O) groups excluding carboxylic acids is 2. The van der Waals surface area contributed by atoms with Gasteiger partial charge >= 0.3 is 11.8 Å². The molecule has 2 aromatic carbocycles. The van der Waals surface area contributed by atoms with Crippen LogP contribution in [0.5, 0.6) is 0 Å². The van der Waals surface area contributed by atoms with Crippen LogP contribution in [0.1, 0.15) is 17.5 Å². The van der Waals surface area contributed by atoms with Gasteiger partial charge < -0.3 is 10.6 Å². The first-order valence-corrected chi connectivity index (χ1v) is 12.5. The molecule has 4 rings (SSSR count). The van der Waals surface area contributed by atoms with Crippen LogP contribution < -0.4 is 14.9 Å². The van der Waals surface area contributed by atoms with Crippen molar-refractivity contribution in [2.45, 2.75) is 24.0 Å². The number of benzene rings is 2. The topological polar surface area (TPSA) is 95.6 Å². The molecule has 1 aliphatic rings. The van der Waals surface area contributed by atoms with E-state index in [-0.39, 0.29) is 4.21 Å². The van der Waals surface area contributed by atoms with Gasteiger partial charge in [0.2, 0.25) is 0 Å². The number of hydrogen-bond donors (Lipinski definition) is 2. The summed E-state index contributed by atoms with van der Waals surface area (Å²) in [6.45, 7) is 2.13. The van der Waals surface area contributed by atoms with E-state index in [0.29, 0.717) is 35.1 Å². The van der Waals surface area contributed by atoms with Gasteiger partial charge in [-0.1, -0.05) is 29.8 Å². The Morgan fingerprint density at radius 3 is 2.59 bits per heavy atom. The van der Waals surface area contributed by atoms with Gasteiger partial charge in [0.1, 0.15) is 4.21 Å². The fraction of sp³-hybridized carbons (Fsp3) is 0.182. The summed E-state index contributed by atoms with van der Waals surface area (Å²) in [4.78, 5) is 24.8. The fourth-order valence-electron chi connectivity index (χ4n) is 3.48. The molecule has 0 bridgehead atoms. The highest BCUT2D eigenvalue weighted by Gasteiger charge is 2.30. The van der Waals surface area contributed by atoms with Gasteiger partial charge in [0.25, 0.3) is 10.0 Å². The maximum Gasteiger partial charge on any atom is 0.314 e. The Hall–Kier alpha value is -2.88. The van der Waals surface area contributed by atoms with Crippen LogP contribution in [0, 0.1) is 6.92 Å². The minimum absolute atomic E-state index is 0.260. The van der Waals surface area contributed by atoms with Gasteiger partial charge in [0, 0.05) is 22.9 Å². The summed E-state index contributed by atoms with van der Waals surface area (Å²) in [5, 5.41) is 7.25. The van der Waals surface area contributed by atoms with E-state index in [0.717, 1.165) is 28.9 Å². The summed E-state index contributed by atoms with van der Waals surface area (Å²) in [6.07, 6.45) is 1.43. The van der Waals surface area contributed by atoms with E-state index in [2.05, 4.69) is 10.6 Å². The van der Waals surface area contributed by atoms with E-state index in [1.54, 1.807) is 60.8 Å². The number of anilines is 3. The lowest BCUT2D eigenvalue weighted by atomic mass is 10.0. The van der Waals surface area contributed by atoms with Crippen LogP contribution in [0.2, 0.25) is 5.02 Å². The highest BCUT2D eigenvalue weighted by molar-refractivity contribution is 7.94. The molecule has 32 heavy (non-hydrogen) atoms. The van der Waals surface area contributed by atoms with Gasteiger partial charge in [-0.05, 0) is 66.6 Å². The van der Waals surface area contributed by atoms with Crippen LogP contribution >= 0.6 is 22.9 Å². The molecule has 166 valence electrons. The smallest absolute Gasteiger partial charge is 0.314 e. The number of nitrogens with one attached hydrogen (secondary N) is 2. The zero-order valence-electron chi connectivity index (χ0n) is 17.1. The maximum absolute atomic E-state index is 13.1. The van der Waals surface area contributed by atoms with Crippen LogP contribution in [0.15, 0.2) is 58.1 Å². The number of amides is 2. The number of nitrogens with zero attached hydrogens (tertiary/aromatic N) is 1. The molecule has 0 spiro atoms. The van der Waals surface area contributed by atoms with Crippen molar-refractivity contribution < 1.29 is 18.0 Å². The zero-order chi connectivity index (χ0) is 22.9. The van der Waals surface area contributed by atoms with E-state index in [1.807, 2.05) is 0 Å². The van der Waals surface area contributed by atoms with Gasteiger partial charge in [-0.2, -0.15) is 0 Å². The first-order chi connectivity index (χ1) is 15.3. The molecule has 3 aromatic rings. The van der Waals surface area contributed by atoms with Crippen molar-refractivity contribution in [3.63, 3.8) is 0 Å². The number of fused-ring (bicyclic) bond motifs is 1. The Kier molecular flexibility index (Phi) is 6.23. The molecule has 0 saturated heterocycles. The van der Waals surface area contributed by atoms with Crippen molar-refractivity contribution >= 4 is 61.8 Å². The molecule has 0 radical (unpaired) electrons. The summed E-state index contributed by atoms with van der Waals surface area (Å²) in [6, 6.07) is 13.3. The van der Waals surface area contributed by atoms with Crippen molar-refractivity contribution in [3.8, 4) is 0 Å². The second kappa shape index (κ2) is 8.93. The highest BCUT2D eigenvalue weighted by Crippen LogP contribution is 2.35. The van der Waals surface area contributed by atoms with Crippen molar-refractivity contribution in [1.29, 1.82) is 0 Å². The van der Waals surface area contributed by atoms with Crippen molar-refractivity contribution in [3.05, 3.63) is 70.1 Å². The molecule has 0 fully saturated rings. The van der Waals surface area contributed by atoms with E-state index in [9.17, 15) is 18.0 Å². The van der Waals surface area contributed by atoms with Crippen LogP contribution in [0.4, 0.5) is 17.1 Å². The minimum Gasteiger partial charge on any atom is -0.318 e. The van der Waals surface area contributed by atoms with Crippen molar-refractivity contribution in [2.75, 3.05) is 21.5 Å². The Labute approximate surface area is 195 Å². The maximum atomic E-state index is 13.1. The molecular formula is C22H20ClN3O4S2.